The van der Waals surface area contributed by atoms with Crippen LogP contribution in [0.25, 0.3) is 6.08 Å². The number of benzene rings is 2. The van der Waals surface area contributed by atoms with Gasteiger partial charge in [-0.05, 0) is 48.2 Å². The van der Waals surface area contributed by atoms with Crippen molar-refractivity contribution in [3.63, 3.8) is 0 Å². The van der Waals surface area contributed by atoms with Crippen LogP contribution in [0.15, 0.2) is 41.3 Å². The Bertz CT molecular complexity index is 1120. The molecular weight excluding hydrogens is 436 g/mol. The maximum atomic E-state index is 12.8. The van der Waals surface area contributed by atoms with Gasteiger partial charge in [-0.15, -0.1) is 0 Å². The zero-order chi connectivity index (χ0) is 22.7. The van der Waals surface area contributed by atoms with Gasteiger partial charge in [-0.25, -0.2) is 0 Å². The highest BCUT2D eigenvalue weighted by molar-refractivity contribution is 8.18. The molecule has 2 aliphatic rings. The largest absolute Gasteiger partial charge is 0.497 e. The third-order valence-electron chi connectivity index (χ3n) is 4.72. The maximum Gasteiger partial charge on any atom is 0.294 e. The van der Waals surface area contributed by atoms with E-state index in [1.807, 2.05) is 0 Å². The molecule has 1 N–H and O–H groups in total. The maximum absolute atomic E-state index is 12.8. The van der Waals surface area contributed by atoms with Gasteiger partial charge < -0.3 is 24.3 Å². The van der Waals surface area contributed by atoms with Gasteiger partial charge in [0.2, 0.25) is 5.91 Å². The van der Waals surface area contributed by atoms with Gasteiger partial charge in [-0.1, -0.05) is 0 Å². The molecule has 32 heavy (non-hydrogen) atoms. The second-order valence-electron chi connectivity index (χ2n) is 6.78. The van der Waals surface area contributed by atoms with E-state index in [-0.39, 0.29) is 4.91 Å². The second kappa shape index (κ2) is 9.23. The molecule has 4 rings (SSSR count). The number of hydrogen-bond donors (Lipinski definition) is 1. The Balaban J connectivity index is 1.46. The van der Waals surface area contributed by atoms with Gasteiger partial charge in [-0.2, -0.15) is 0 Å². The fourth-order valence-electron chi connectivity index (χ4n) is 3.19. The topological polar surface area (TPSA) is 103 Å². The molecule has 0 spiro atoms. The number of nitrogens with one attached hydrogen (secondary N) is 1. The lowest BCUT2D eigenvalue weighted by Crippen LogP contribution is -2.36. The third kappa shape index (κ3) is 4.50. The molecule has 2 aromatic rings. The van der Waals surface area contributed by atoms with Crippen molar-refractivity contribution in [1.82, 2.24) is 4.90 Å². The zero-order valence-corrected chi connectivity index (χ0v) is 18.2. The molecule has 0 atom stereocenters. The van der Waals surface area contributed by atoms with Gasteiger partial charge in [0, 0.05) is 17.3 Å². The summed E-state index contributed by atoms with van der Waals surface area (Å²) in [6, 6.07) is 10.1. The normalized spacial score (nSPS) is 16.3. The molecule has 0 bridgehead atoms. The minimum Gasteiger partial charge on any atom is -0.497 e. The van der Waals surface area contributed by atoms with Gasteiger partial charge in [0.25, 0.3) is 11.1 Å². The van der Waals surface area contributed by atoms with Crippen molar-refractivity contribution in [2.24, 2.45) is 0 Å². The van der Waals surface area contributed by atoms with Gasteiger partial charge in [-0.3, -0.25) is 19.3 Å². The van der Waals surface area contributed by atoms with E-state index in [1.54, 1.807) is 42.5 Å². The molecule has 1 fully saturated rings. The van der Waals surface area contributed by atoms with Gasteiger partial charge in [0.15, 0.2) is 11.5 Å². The summed E-state index contributed by atoms with van der Waals surface area (Å²) in [7, 11) is 3.03. The molecule has 166 valence electrons. The Hall–Kier alpha value is -3.66. The first kappa shape index (κ1) is 21.6. The molecule has 0 saturated carbocycles. The number of rotatable bonds is 6. The number of carbonyl (C=O) groups excluding carboxylic acids is 3. The van der Waals surface area contributed by atoms with E-state index in [2.05, 4.69) is 5.32 Å². The highest BCUT2D eigenvalue weighted by atomic mass is 32.2. The number of hydrogen-bond acceptors (Lipinski definition) is 8. The summed E-state index contributed by atoms with van der Waals surface area (Å²) in [6.07, 6.45) is 1.55. The summed E-state index contributed by atoms with van der Waals surface area (Å²) < 4.78 is 21.5. The van der Waals surface area contributed by atoms with E-state index >= 15 is 0 Å². The van der Waals surface area contributed by atoms with E-state index in [0.717, 1.165) is 16.7 Å². The molecule has 0 aromatic heterocycles. The van der Waals surface area contributed by atoms with Crippen molar-refractivity contribution in [3.8, 4) is 23.0 Å². The monoisotopic (exact) mass is 456 g/mol. The second-order valence-corrected chi connectivity index (χ2v) is 7.78. The SMILES string of the molecule is COc1ccc(OC)c(/C=C2/SC(=O)N(CC(=O)Nc3ccc4c(c3)OCCO4)C2=O)c1. The molecule has 2 aromatic carbocycles. The summed E-state index contributed by atoms with van der Waals surface area (Å²) in [5.41, 5.74) is 1.06. The van der Waals surface area contributed by atoms with Crippen LogP contribution >= 0.6 is 11.8 Å². The predicted molar refractivity (Wildman–Crippen MR) is 118 cm³/mol. The molecule has 0 unspecified atom stereocenters. The van der Waals surface area contributed by atoms with E-state index < -0.39 is 23.6 Å². The Morgan fingerprint density at radius 2 is 1.88 bits per heavy atom. The standard InChI is InChI=1S/C22H20N2O7S/c1-28-15-4-6-16(29-2)13(9-15)10-19-21(26)24(22(27)32-19)12-20(25)23-14-3-5-17-18(11-14)31-8-7-30-17/h3-6,9-11H,7-8,12H2,1-2H3,(H,23,25)/b19-10+. The number of thioether (sulfide) groups is 1. The fourth-order valence-corrected chi connectivity index (χ4v) is 4.02. The van der Waals surface area contributed by atoms with Crippen molar-refractivity contribution in [1.29, 1.82) is 0 Å². The van der Waals surface area contributed by atoms with Gasteiger partial charge >= 0.3 is 0 Å². The predicted octanol–water partition coefficient (Wildman–Crippen LogP) is 3.15. The molecule has 9 nitrogen and oxygen atoms in total. The van der Waals surface area contributed by atoms with E-state index in [4.69, 9.17) is 18.9 Å². The number of amides is 3. The van der Waals surface area contributed by atoms with Crippen LogP contribution in [-0.4, -0.2) is 55.9 Å². The fraction of sp³-hybridized carbons (Fsp3) is 0.227. The van der Waals surface area contributed by atoms with Crippen LogP contribution in [0.4, 0.5) is 10.5 Å². The van der Waals surface area contributed by atoms with Crippen molar-refractivity contribution in [3.05, 3.63) is 46.9 Å². The average molecular weight is 456 g/mol. The number of methoxy groups -OCH3 is 2. The van der Waals surface area contributed by atoms with Crippen LogP contribution in [0.5, 0.6) is 23.0 Å². The first-order valence-electron chi connectivity index (χ1n) is 9.65. The summed E-state index contributed by atoms with van der Waals surface area (Å²) in [5, 5.41) is 2.14. The number of carbonyl (C=O) groups is 3. The molecule has 3 amide bonds. The van der Waals surface area contributed by atoms with Crippen LogP contribution in [-0.2, 0) is 9.59 Å². The van der Waals surface area contributed by atoms with Crippen molar-refractivity contribution in [2.75, 3.05) is 39.3 Å². The van der Waals surface area contributed by atoms with Crippen LogP contribution in [0.1, 0.15) is 5.56 Å². The summed E-state index contributed by atoms with van der Waals surface area (Å²) >= 11 is 0.762. The van der Waals surface area contributed by atoms with Crippen molar-refractivity contribution < 1.29 is 33.3 Å². The number of fused-ring (bicyclic) bond motifs is 1. The Morgan fingerprint density at radius 1 is 1.09 bits per heavy atom. The lowest BCUT2D eigenvalue weighted by Gasteiger charge is -2.19. The smallest absolute Gasteiger partial charge is 0.294 e. The quantitative estimate of drug-likeness (QED) is 0.662. The summed E-state index contributed by atoms with van der Waals surface area (Å²) in [5.74, 6) is 1.16. The molecular formula is C22H20N2O7S. The molecule has 10 heteroatoms. The van der Waals surface area contributed by atoms with Crippen molar-refractivity contribution >= 4 is 40.6 Å². The molecule has 2 heterocycles. The van der Waals surface area contributed by atoms with Gasteiger partial charge in [0.1, 0.15) is 31.3 Å². The van der Waals surface area contributed by atoms with Crippen LogP contribution < -0.4 is 24.3 Å². The number of imide groups is 1. The number of anilines is 1. The lowest BCUT2D eigenvalue weighted by molar-refractivity contribution is -0.127. The van der Waals surface area contributed by atoms with Crippen LogP contribution in [0, 0.1) is 0 Å². The molecule has 0 aliphatic carbocycles. The minimum atomic E-state index is -0.554. The molecule has 0 radical (unpaired) electrons. The van der Waals surface area contributed by atoms with E-state index in [9.17, 15) is 14.4 Å². The third-order valence-corrected chi connectivity index (χ3v) is 5.63. The first-order valence-corrected chi connectivity index (χ1v) is 10.5. The first-order chi connectivity index (χ1) is 15.5. The van der Waals surface area contributed by atoms with Crippen LogP contribution in [0.3, 0.4) is 0 Å². The average Bonchev–Trinajstić information content (AvgIpc) is 3.06. The summed E-state index contributed by atoms with van der Waals surface area (Å²) in [6.45, 7) is 0.477. The van der Waals surface area contributed by atoms with E-state index in [0.29, 0.717) is 47.5 Å². The minimum absolute atomic E-state index is 0.189. The summed E-state index contributed by atoms with van der Waals surface area (Å²) in [4.78, 5) is 38.7. The molecule has 1 saturated heterocycles. The Kier molecular flexibility index (Phi) is 6.22. The number of ether oxygens (including phenoxy) is 4. The highest BCUT2D eigenvalue weighted by Crippen LogP contribution is 2.35. The lowest BCUT2D eigenvalue weighted by atomic mass is 10.1. The number of nitrogens with zero attached hydrogens (tertiary/aromatic N) is 1. The Morgan fingerprint density at radius 3 is 2.62 bits per heavy atom. The van der Waals surface area contributed by atoms with Gasteiger partial charge in [0.05, 0.1) is 19.1 Å². The zero-order valence-electron chi connectivity index (χ0n) is 17.4. The van der Waals surface area contributed by atoms with Crippen molar-refractivity contribution in [2.45, 2.75) is 0 Å². The van der Waals surface area contributed by atoms with Crippen LogP contribution in [0.2, 0.25) is 0 Å². The highest BCUT2D eigenvalue weighted by Gasteiger charge is 2.36. The van der Waals surface area contributed by atoms with E-state index in [1.165, 1.54) is 14.2 Å². The molecule has 2 aliphatic heterocycles. The Labute approximate surface area is 188 Å².